The van der Waals surface area contributed by atoms with E-state index in [-0.39, 0.29) is 23.0 Å². The number of hydrogen-bond acceptors (Lipinski definition) is 1. The first-order valence-corrected chi connectivity index (χ1v) is 11.5. The number of rotatable bonds is 6. The lowest BCUT2D eigenvalue weighted by molar-refractivity contribution is 0.299. The number of halogens is 2. The second-order valence-electron chi connectivity index (χ2n) is 8.22. The largest absolute Gasteiger partial charge is 0.365 e. The molecule has 1 atom stereocenters. The Hall–Kier alpha value is -2.49. The molecule has 5 rings (SSSR count). The van der Waals surface area contributed by atoms with Gasteiger partial charge in [-0.1, -0.05) is 91.7 Å². The van der Waals surface area contributed by atoms with Crippen LogP contribution in [0.2, 0.25) is 5.02 Å². The van der Waals surface area contributed by atoms with Crippen LogP contribution >= 0.6 is 28.6 Å². The highest BCUT2D eigenvalue weighted by atomic mass is 79.9. The molecule has 0 radical (unpaired) electrons. The normalized spacial score (nSPS) is 14.9. The summed E-state index contributed by atoms with van der Waals surface area (Å²) in [6, 6.07) is 27.9. The third-order valence-electron chi connectivity index (χ3n) is 6.23. The van der Waals surface area contributed by atoms with E-state index in [1.54, 1.807) is 0 Å². The van der Waals surface area contributed by atoms with Gasteiger partial charge in [-0.15, -0.1) is 17.0 Å². The maximum absolute atomic E-state index is 6.77. The highest BCUT2D eigenvalue weighted by Crippen LogP contribution is 2.43. The van der Waals surface area contributed by atoms with Gasteiger partial charge in [-0.25, -0.2) is 0 Å². The van der Waals surface area contributed by atoms with Crippen molar-refractivity contribution in [2.75, 3.05) is 6.54 Å². The number of aromatic nitrogens is 1. The first-order valence-electron chi connectivity index (χ1n) is 11.1. The van der Waals surface area contributed by atoms with Crippen LogP contribution in [-0.4, -0.2) is 16.0 Å². The van der Waals surface area contributed by atoms with E-state index in [0.717, 1.165) is 24.5 Å². The molecule has 4 heteroatoms. The SMILES string of the molecule is Br.CCCCN1C=Cc2c(n(Cc3ccccc3)c3ccccc23)C1c1ccccc1Cl. The molecule has 1 aliphatic rings. The number of hydrogen-bond donors (Lipinski definition) is 0. The fourth-order valence-corrected chi connectivity index (χ4v) is 4.98. The van der Waals surface area contributed by atoms with Crippen molar-refractivity contribution < 1.29 is 0 Å². The molecular formula is C28H28BrClN2. The fourth-order valence-electron chi connectivity index (χ4n) is 4.74. The van der Waals surface area contributed by atoms with Crippen LogP contribution in [0.4, 0.5) is 0 Å². The third-order valence-corrected chi connectivity index (χ3v) is 6.57. The predicted molar refractivity (Wildman–Crippen MR) is 142 cm³/mol. The molecule has 0 bridgehead atoms. The Labute approximate surface area is 205 Å². The van der Waals surface area contributed by atoms with Crippen molar-refractivity contribution in [3.8, 4) is 0 Å². The van der Waals surface area contributed by atoms with Crippen LogP contribution in [0.25, 0.3) is 17.0 Å². The van der Waals surface area contributed by atoms with E-state index in [9.17, 15) is 0 Å². The van der Waals surface area contributed by atoms with Gasteiger partial charge in [0.25, 0.3) is 0 Å². The van der Waals surface area contributed by atoms with Crippen molar-refractivity contribution >= 4 is 45.6 Å². The summed E-state index contributed by atoms with van der Waals surface area (Å²) < 4.78 is 2.50. The van der Waals surface area contributed by atoms with Crippen molar-refractivity contribution in [3.05, 3.63) is 112 Å². The van der Waals surface area contributed by atoms with E-state index in [2.05, 4.69) is 95.4 Å². The zero-order valence-electron chi connectivity index (χ0n) is 18.2. The van der Waals surface area contributed by atoms with Gasteiger partial charge in [-0.05, 0) is 35.8 Å². The molecule has 3 aromatic carbocycles. The van der Waals surface area contributed by atoms with Crippen molar-refractivity contribution in [2.24, 2.45) is 0 Å². The minimum absolute atomic E-state index is 0. The summed E-state index contributed by atoms with van der Waals surface area (Å²) in [7, 11) is 0. The lowest BCUT2D eigenvalue weighted by Gasteiger charge is -2.36. The van der Waals surface area contributed by atoms with E-state index in [1.807, 2.05) is 12.1 Å². The Morgan fingerprint density at radius 3 is 2.38 bits per heavy atom. The lowest BCUT2D eigenvalue weighted by Crippen LogP contribution is -2.30. The maximum Gasteiger partial charge on any atom is 0.0961 e. The summed E-state index contributed by atoms with van der Waals surface area (Å²) in [5.41, 5.74) is 6.39. The second-order valence-corrected chi connectivity index (χ2v) is 8.63. The number of fused-ring (bicyclic) bond motifs is 3. The average Bonchev–Trinajstić information content (AvgIpc) is 3.12. The minimum atomic E-state index is 0. The van der Waals surface area contributed by atoms with Gasteiger partial charge in [0, 0.05) is 40.8 Å². The molecule has 0 spiro atoms. The summed E-state index contributed by atoms with van der Waals surface area (Å²) in [4.78, 5) is 2.47. The standard InChI is InChI=1S/C28H27ClN2.BrH/c1-2-3-18-30-19-17-23-22-13-8-10-16-26(22)31(20-21-11-5-4-6-12-21)28(23)27(30)24-14-7-9-15-25(24)29;/h4-17,19,27H,2-3,18,20H2,1H3;1H. The molecular weight excluding hydrogens is 480 g/mol. The van der Waals surface area contributed by atoms with Crippen LogP contribution in [0.5, 0.6) is 0 Å². The molecule has 0 fully saturated rings. The van der Waals surface area contributed by atoms with E-state index in [4.69, 9.17) is 11.6 Å². The average molecular weight is 508 g/mol. The summed E-state index contributed by atoms with van der Waals surface area (Å²) in [5.74, 6) is 0. The van der Waals surface area contributed by atoms with Crippen LogP contribution < -0.4 is 0 Å². The molecule has 32 heavy (non-hydrogen) atoms. The molecule has 0 aliphatic carbocycles. The van der Waals surface area contributed by atoms with Gasteiger partial charge in [0.05, 0.1) is 11.7 Å². The highest BCUT2D eigenvalue weighted by Gasteiger charge is 2.32. The molecule has 164 valence electrons. The van der Waals surface area contributed by atoms with E-state index in [1.165, 1.54) is 39.7 Å². The zero-order valence-corrected chi connectivity index (χ0v) is 20.7. The lowest BCUT2D eigenvalue weighted by atomic mass is 9.94. The van der Waals surface area contributed by atoms with Gasteiger partial charge in [0.2, 0.25) is 0 Å². The summed E-state index contributed by atoms with van der Waals surface area (Å²) >= 11 is 6.77. The first-order chi connectivity index (χ1) is 15.3. The van der Waals surface area contributed by atoms with Gasteiger partial charge in [-0.2, -0.15) is 0 Å². The summed E-state index contributed by atoms with van der Waals surface area (Å²) in [6.45, 7) is 4.10. The Kier molecular flexibility index (Phi) is 7.07. The van der Waals surface area contributed by atoms with E-state index < -0.39 is 0 Å². The van der Waals surface area contributed by atoms with Gasteiger partial charge in [-0.3, -0.25) is 0 Å². The second kappa shape index (κ2) is 9.97. The molecule has 1 aromatic heterocycles. The molecule has 1 unspecified atom stereocenters. The van der Waals surface area contributed by atoms with Crippen LogP contribution in [0, 0.1) is 0 Å². The highest BCUT2D eigenvalue weighted by molar-refractivity contribution is 8.93. The Morgan fingerprint density at radius 1 is 0.875 bits per heavy atom. The van der Waals surface area contributed by atoms with E-state index >= 15 is 0 Å². The molecule has 0 saturated heterocycles. The topological polar surface area (TPSA) is 8.17 Å². The Balaban J connectivity index is 0.00000245. The summed E-state index contributed by atoms with van der Waals surface area (Å²) in [6.07, 6.45) is 6.88. The fraction of sp³-hybridized carbons (Fsp3) is 0.214. The number of benzene rings is 3. The van der Waals surface area contributed by atoms with Gasteiger partial charge < -0.3 is 9.47 Å². The van der Waals surface area contributed by atoms with Crippen molar-refractivity contribution in [3.63, 3.8) is 0 Å². The monoisotopic (exact) mass is 506 g/mol. The quantitative estimate of drug-likeness (QED) is 0.256. The molecule has 2 heterocycles. The smallest absolute Gasteiger partial charge is 0.0961 e. The van der Waals surface area contributed by atoms with Crippen LogP contribution in [0.15, 0.2) is 85.1 Å². The van der Waals surface area contributed by atoms with E-state index in [0.29, 0.717) is 0 Å². The molecule has 1 aliphatic heterocycles. The van der Waals surface area contributed by atoms with Crippen LogP contribution in [-0.2, 0) is 6.54 Å². The van der Waals surface area contributed by atoms with Crippen molar-refractivity contribution in [1.29, 1.82) is 0 Å². The van der Waals surface area contributed by atoms with Crippen molar-refractivity contribution in [1.82, 2.24) is 9.47 Å². The Bertz CT molecular complexity index is 1230. The van der Waals surface area contributed by atoms with Crippen LogP contribution in [0.1, 0.15) is 48.2 Å². The molecule has 4 aromatic rings. The third kappa shape index (κ3) is 4.12. The minimum Gasteiger partial charge on any atom is -0.365 e. The predicted octanol–water partition coefficient (Wildman–Crippen LogP) is 8.10. The summed E-state index contributed by atoms with van der Waals surface area (Å²) in [5, 5.41) is 2.13. The van der Waals surface area contributed by atoms with Crippen LogP contribution in [0.3, 0.4) is 0 Å². The van der Waals surface area contributed by atoms with Gasteiger partial charge in [0.1, 0.15) is 0 Å². The maximum atomic E-state index is 6.77. The van der Waals surface area contributed by atoms with Gasteiger partial charge in [0.15, 0.2) is 0 Å². The molecule has 2 nitrogen and oxygen atoms in total. The zero-order chi connectivity index (χ0) is 21.2. The molecule has 0 N–H and O–H groups in total. The molecule has 0 amide bonds. The first kappa shape index (κ1) is 22.7. The number of unbranched alkanes of at least 4 members (excludes halogenated alkanes) is 1. The Morgan fingerprint density at radius 2 is 1.59 bits per heavy atom. The van der Waals surface area contributed by atoms with Crippen molar-refractivity contribution in [2.45, 2.75) is 32.4 Å². The number of nitrogens with zero attached hydrogens (tertiary/aromatic N) is 2. The number of para-hydroxylation sites is 1. The van der Waals surface area contributed by atoms with Gasteiger partial charge >= 0.3 is 0 Å². The molecule has 0 saturated carbocycles.